The van der Waals surface area contributed by atoms with Gasteiger partial charge in [-0.15, -0.1) is 0 Å². The van der Waals surface area contributed by atoms with Crippen LogP contribution in [0.5, 0.6) is 0 Å². The number of unbranched alkanes of at least 4 members (excludes halogenated alkanes) is 10. The third-order valence-electron chi connectivity index (χ3n) is 3.53. The summed E-state index contributed by atoms with van der Waals surface area (Å²) in [6.45, 7) is 5.60. The van der Waals surface area contributed by atoms with Crippen molar-refractivity contribution in [2.24, 2.45) is 0 Å². The van der Waals surface area contributed by atoms with Gasteiger partial charge in [0, 0.05) is 12.3 Å². The zero-order valence-electron chi connectivity index (χ0n) is 13.7. The van der Waals surface area contributed by atoms with Crippen molar-refractivity contribution in [2.45, 2.75) is 90.9 Å². The number of rotatable bonds is 14. The van der Waals surface area contributed by atoms with Crippen LogP contribution in [0.1, 0.15) is 90.9 Å². The molecule has 0 spiro atoms. The molecule has 0 amide bonds. The molecule has 1 N–H and O–H groups in total. The summed E-state index contributed by atoms with van der Waals surface area (Å²) < 4.78 is 1.01. The molecule has 0 aromatic carbocycles. The number of hydrogen-bond donors (Lipinski definition) is 1. The number of thiocarbonyl (C=S) groups is 1. The van der Waals surface area contributed by atoms with Crippen LogP contribution in [0.3, 0.4) is 0 Å². The molecule has 120 valence electrons. The normalized spacial score (nSPS) is 10.7. The van der Waals surface area contributed by atoms with E-state index in [2.05, 4.69) is 19.2 Å². The van der Waals surface area contributed by atoms with Crippen molar-refractivity contribution in [2.75, 3.05) is 12.3 Å². The summed E-state index contributed by atoms with van der Waals surface area (Å²) in [4.78, 5) is 0. The van der Waals surface area contributed by atoms with Crippen molar-refractivity contribution in [1.82, 2.24) is 5.32 Å². The van der Waals surface area contributed by atoms with Gasteiger partial charge in [-0.3, -0.25) is 0 Å². The van der Waals surface area contributed by atoms with E-state index in [9.17, 15) is 0 Å². The first kappa shape index (κ1) is 20.2. The van der Waals surface area contributed by atoms with Crippen molar-refractivity contribution >= 4 is 28.3 Å². The van der Waals surface area contributed by atoms with Crippen LogP contribution >= 0.6 is 24.0 Å². The number of nitrogens with one attached hydrogen (secondary N) is 1. The molecule has 0 aliphatic rings. The van der Waals surface area contributed by atoms with E-state index in [1.165, 1.54) is 82.8 Å². The van der Waals surface area contributed by atoms with Gasteiger partial charge in [0.05, 0.1) is 0 Å². The molecule has 0 aromatic rings. The smallest absolute Gasteiger partial charge is 0.133 e. The predicted octanol–water partition coefficient (Wildman–Crippen LogP) is 6.32. The predicted molar refractivity (Wildman–Crippen MR) is 99.8 cm³/mol. The zero-order chi connectivity index (χ0) is 14.9. The first-order valence-corrected chi connectivity index (χ1v) is 10.1. The fraction of sp³-hybridized carbons (Fsp3) is 0.941. The molecule has 0 aromatic heterocycles. The highest BCUT2D eigenvalue weighted by atomic mass is 32.2. The van der Waals surface area contributed by atoms with Gasteiger partial charge in [-0.2, -0.15) is 0 Å². The fourth-order valence-corrected chi connectivity index (χ4v) is 3.28. The average molecular weight is 318 g/mol. The molecule has 3 heteroatoms. The van der Waals surface area contributed by atoms with Gasteiger partial charge in [0.2, 0.25) is 0 Å². The molecular weight excluding hydrogens is 282 g/mol. The lowest BCUT2D eigenvalue weighted by Gasteiger charge is -2.07. The van der Waals surface area contributed by atoms with Gasteiger partial charge in [-0.1, -0.05) is 102 Å². The molecule has 0 heterocycles. The van der Waals surface area contributed by atoms with Crippen LogP contribution in [0, 0.1) is 0 Å². The van der Waals surface area contributed by atoms with Gasteiger partial charge >= 0.3 is 0 Å². The Morgan fingerprint density at radius 3 is 1.85 bits per heavy atom. The van der Waals surface area contributed by atoms with Gasteiger partial charge in [0.1, 0.15) is 4.32 Å². The highest BCUT2D eigenvalue weighted by Gasteiger charge is 1.97. The van der Waals surface area contributed by atoms with Crippen LogP contribution in [-0.2, 0) is 0 Å². The fourth-order valence-electron chi connectivity index (χ4n) is 2.19. The van der Waals surface area contributed by atoms with E-state index < -0.39 is 0 Å². The molecule has 1 nitrogen and oxygen atoms in total. The maximum absolute atomic E-state index is 5.35. The summed E-state index contributed by atoms with van der Waals surface area (Å²) in [7, 11) is 0. The van der Waals surface area contributed by atoms with Crippen molar-refractivity contribution in [1.29, 1.82) is 0 Å². The molecule has 0 fully saturated rings. The Hall–Kier alpha value is 0.240. The SMILES string of the molecule is CCCCCCCCNC(=S)SCCCCCCCC. The topological polar surface area (TPSA) is 12.0 Å². The second-order valence-electron chi connectivity index (χ2n) is 5.60. The third-order valence-corrected chi connectivity index (χ3v) is 4.93. The Morgan fingerprint density at radius 2 is 1.25 bits per heavy atom. The average Bonchev–Trinajstić information content (AvgIpc) is 2.45. The van der Waals surface area contributed by atoms with E-state index in [1.807, 2.05) is 11.8 Å². The van der Waals surface area contributed by atoms with Crippen molar-refractivity contribution in [3.8, 4) is 0 Å². The summed E-state index contributed by atoms with van der Waals surface area (Å²) in [5.74, 6) is 1.19. The Balaban J connectivity index is 3.13. The summed E-state index contributed by atoms with van der Waals surface area (Å²) in [5, 5.41) is 3.38. The Labute approximate surface area is 137 Å². The van der Waals surface area contributed by atoms with Crippen LogP contribution in [0.2, 0.25) is 0 Å². The van der Waals surface area contributed by atoms with Gasteiger partial charge in [0.25, 0.3) is 0 Å². The Bertz CT molecular complexity index is 187. The van der Waals surface area contributed by atoms with Crippen molar-refractivity contribution in [3.63, 3.8) is 0 Å². The molecule has 0 radical (unpaired) electrons. The lowest BCUT2D eigenvalue weighted by molar-refractivity contribution is 0.603. The number of thioether (sulfide) groups is 1. The van der Waals surface area contributed by atoms with E-state index in [4.69, 9.17) is 12.2 Å². The maximum atomic E-state index is 5.35. The van der Waals surface area contributed by atoms with E-state index in [1.54, 1.807) is 0 Å². The molecular formula is C17H35NS2. The lowest BCUT2D eigenvalue weighted by atomic mass is 10.1. The molecule has 0 aliphatic carbocycles. The standard InChI is InChI=1S/C17H35NS2/c1-3-5-7-9-11-13-15-18-17(19)20-16-14-12-10-8-6-4-2/h3-16H2,1-2H3,(H,18,19). The molecule has 0 bridgehead atoms. The maximum Gasteiger partial charge on any atom is 0.133 e. The first-order valence-electron chi connectivity index (χ1n) is 8.71. The van der Waals surface area contributed by atoms with E-state index >= 15 is 0 Å². The molecule has 0 atom stereocenters. The minimum absolute atomic E-state index is 1.01. The van der Waals surface area contributed by atoms with E-state index in [-0.39, 0.29) is 0 Å². The van der Waals surface area contributed by atoms with Crippen LogP contribution in [0.25, 0.3) is 0 Å². The summed E-state index contributed by atoms with van der Waals surface area (Å²) >= 11 is 7.18. The van der Waals surface area contributed by atoms with Crippen molar-refractivity contribution < 1.29 is 0 Å². The lowest BCUT2D eigenvalue weighted by Crippen LogP contribution is -2.19. The summed E-state index contributed by atoms with van der Waals surface area (Å²) in [6.07, 6.45) is 16.3. The minimum Gasteiger partial charge on any atom is -0.371 e. The summed E-state index contributed by atoms with van der Waals surface area (Å²) in [5.41, 5.74) is 0. The van der Waals surface area contributed by atoms with Crippen LogP contribution in [0.15, 0.2) is 0 Å². The molecule has 0 unspecified atom stereocenters. The van der Waals surface area contributed by atoms with E-state index in [0.717, 1.165) is 10.9 Å². The van der Waals surface area contributed by atoms with Gasteiger partial charge in [-0.25, -0.2) is 0 Å². The van der Waals surface area contributed by atoms with Gasteiger partial charge in [-0.05, 0) is 12.8 Å². The Kier molecular flexibility index (Phi) is 17.5. The third kappa shape index (κ3) is 16.3. The van der Waals surface area contributed by atoms with Crippen LogP contribution in [-0.4, -0.2) is 16.6 Å². The molecule has 0 saturated carbocycles. The minimum atomic E-state index is 1.01. The van der Waals surface area contributed by atoms with Crippen molar-refractivity contribution in [3.05, 3.63) is 0 Å². The van der Waals surface area contributed by atoms with Crippen LogP contribution in [0.4, 0.5) is 0 Å². The summed E-state index contributed by atoms with van der Waals surface area (Å²) in [6, 6.07) is 0. The zero-order valence-corrected chi connectivity index (χ0v) is 15.3. The van der Waals surface area contributed by atoms with Crippen LogP contribution < -0.4 is 5.32 Å². The molecule has 0 aliphatic heterocycles. The second-order valence-corrected chi connectivity index (χ2v) is 7.37. The second kappa shape index (κ2) is 17.3. The molecule has 0 saturated heterocycles. The monoisotopic (exact) mass is 317 g/mol. The highest BCUT2D eigenvalue weighted by molar-refractivity contribution is 8.22. The quantitative estimate of drug-likeness (QED) is 0.297. The largest absolute Gasteiger partial charge is 0.371 e. The first-order chi connectivity index (χ1) is 9.81. The number of hydrogen-bond acceptors (Lipinski definition) is 2. The molecule has 0 rings (SSSR count). The molecule has 20 heavy (non-hydrogen) atoms. The van der Waals surface area contributed by atoms with Gasteiger partial charge in [0.15, 0.2) is 0 Å². The Morgan fingerprint density at radius 1 is 0.750 bits per heavy atom. The highest BCUT2D eigenvalue weighted by Crippen LogP contribution is 2.10. The van der Waals surface area contributed by atoms with Gasteiger partial charge < -0.3 is 5.32 Å². The van der Waals surface area contributed by atoms with E-state index in [0.29, 0.717) is 0 Å².